The Balaban J connectivity index is 1.57. The SMILES string of the molecule is COc1cc(C(=O)OCc2cccc(F)c2)ccc1OCC(=O)Nc1ccc(F)cc1. The van der Waals surface area contributed by atoms with E-state index in [9.17, 15) is 18.4 Å². The summed E-state index contributed by atoms with van der Waals surface area (Å²) in [6.45, 7) is -0.405. The van der Waals surface area contributed by atoms with E-state index in [1.807, 2.05) is 0 Å². The molecular formula is C23H19F2NO5. The Kier molecular flexibility index (Phi) is 7.16. The van der Waals surface area contributed by atoms with Gasteiger partial charge in [0.15, 0.2) is 18.1 Å². The first-order valence-electron chi connectivity index (χ1n) is 9.22. The molecule has 8 heteroatoms. The van der Waals surface area contributed by atoms with Crippen molar-refractivity contribution in [1.29, 1.82) is 0 Å². The summed E-state index contributed by atoms with van der Waals surface area (Å²) in [7, 11) is 1.39. The molecular weight excluding hydrogens is 408 g/mol. The number of esters is 1. The fraction of sp³-hybridized carbons (Fsp3) is 0.130. The minimum Gasteiger partial charge on any atom is -0.493 e. The van der Waals surface area contributed by atoms with E-state index < -0.39 is 23.5 Å². The summed E-state index contributed by atoms with van der Waals surface area (Å²) in [5.74, 6) is -1.42. The minimum atomic E-state index is -0.622. The van der Waals surface area contributed by atoms with Gasteiger partial charge >= 0.3 is 5.97 Å². The van der Waals surface area contributed by atoms with Crippen molar-refractivity contribution in [3.63, 3.8) is 0 Å². The molecule has 0 aliphatic heterocycles. The molecule has 0 fully saturated rings. The predicted molar refractivity (Wildman–Crippen MR) is 109 cm³/mol. The van der Waals surface area contributed by atoms with Gasteiger partial charge in [0.2, 0.25) is 0 Å². The van der Waals surface area contributed by atoms with E-state index in [0.29, 0.717) is 11.3 Å². The van der Waals surface area contributed by atoms with Crippen LogP contribution in [0.15, 0.2) is 66.7 Å². The van der Waals surface area contributed by atoms with E-state index in [-0.39, 0.29) is 30.3 Å². The highest BCUT2D eigenvalue weighted by molar-refractivity contribution is 5.92. The van der Waals surface area contributed by atoms with Gasteiger partial charge in [0.1, 0.15) is 18.2 Å². The van der Waals surface area contributed by atoms with E-state index in [1.54, 1.807) is 6.07 Å². The molecule has 0 saturated carbocycles. The number of methoxy groups -OCH3 is 1. The number of hydrogen-bond acceptors (Lipinski definition) is 5. The number of ether oxygens (including phenoxy) is 3. The van der Waals surface area contributed by atoms with Gasteiger partial charge < -0.3 is 19.5 Å². The first-order chi connectivity index (χ1) is 14.9. The fourth-order valence-corrected chi connectivity index (χ4v) is 2.65. The summed E-state index contributed by atoms with van der Waals surface area (Å²) in [6, 6.07) is 15.4. The fourth-order valence-electron chi connectivity index (χ4n) is 2.65. The quantitative estimate of drug-likeness (QED) is 0.541. The van der Waals surface area contributed by atoms with E-state index in [0.717, 1.165) is 0 Å². The Labute approximate surface area is 177 Å². The zero-order valence-electron chi connectivity index (χ0n) is 16.6. The van der Waals surface area contributed by atoms with Crippen LogP contribution in [0.5, 0.6) is 11.5 Å². The van der Waals surface area contributed by atoms with Crippen molar-refractivity contribution >= 4 is 17.6 Å². The summed E-state index contributed by atoms with van der Waals surface area (Å²) >= 11 is 0. The van der Waals surface area contributed by atoms with Gasteiger partial charge in [-0.3, -0.25) is 4.79 Å². The number of anilines is 1. The lowest BCUT2D eigenvalue weighted by atomic mass is 10.2. The first kappa shape index (κ1) is 21.8. The third-order valence-corrected chi connectivity index (χ3v) is 4.15. The van der Waals surface area contributed by atoms with Crippen LogP contribution in [-0.2, 0) is 16.1 Å². The molecule has 3 rings (SSSR count). The van der Waals surface area contributed by atoms with E-state index >= 15 is 0 Å². The Morgan fingerprint density at radius 3 is 2.39 bits per heavy atom. The first-order valence-corrected chi connectivity index (χ1v) is 9.22. The highest BCUT2D eigenvalue weighted by atomic mass is 19.1. The van der Waals surface area contributed by atoms with E-state index in [4.69, 9.17) is 14.2 Å². The molecule has 0 bridgehead atoms. The maximum atomic E-state index is 13.2. The van der Waals surface area contributed by atoms with Crippen LogP contribution in [0.4, 0.5) is 14.5 Å². The lowest BCUT2D eigenvalue weighted by molar-refractivity contribution is -0.118. The maximum absolute atomic E-state index is 13.2. The molecule has 0 aliphatic carbocycles. The van der Waals surface area contributed by atoms with Gasteiger partial charge in [0.05, 0.1) is 12.7 Å². The zero-order chi connectivity index (χ0) is 22.2. The molecule has 3 aromatic rings. The molecule has 160 valence electrons. The van der Waals surface area contributed by atoms with E-state index in [1.165, 1.54) is 67.8 Å². The Morgan fingerprint density at radius 1 is 0.903 bits per heavy atom. The van der Waals surface area contributed by atoms with Gasteiger partial charge in [0.25, 0.3) is 5.91 Å². The number of carbonyl (C=O) groups is 2. The van der Waals surface area contributed by atoms with Crippen LogP contribution in [0.3, 0.4) is 0 Å². The van der Waals surface area contributed by atoms with Gasteiger partial charge in [-0.25, -0.2) is 13.6 Å². The van der Waals surface area contributed by atoms with Crippen LogP contribution in [0.25, 0.3) is 0 Å². The third kappa shape index (κ3) is 6.27. The smallest absolute Gasteiger partial charge is 0.338 e. The molecule has 0 aromatic heterocycles. The molecule has 1 N–H and O–H groups in total. The maximum Gasteiger partial charge on any atom is 0.338 e. The molecule has 0 saturated heterocycles. The normalized spacial score (nSPS) is 10.3. The summed E-state index contributed by atoms with van der Waals surface area (Å²) in [5, 5.41) is 2.57. The molecule has 0 heterocycles. The predicted octanol–water partition coefficient (Wildman–Crippen LogP) is 4.35. The van der Waals surface area contributed by atoms with Crippen LogP contribution < -0.4 is 14.8 Å². The molecule has 0 spiro atoms. The highest BCUT2D eigenvalue weighted by Crippen LogP contribution is 2.28. The van der Waals surface area contributed by atoms with Crippen molar-refractivity contribution in [3.05, 3.63) is 89.5 Å². The highest BCUT2D eigenvalue weighted by Gasteiger charge is 2.14. The molecule has 0 atom stereocenters. The Morgan fingerprint density at radius 2 is 1.68 bits per heavy atom. The number of carbonyl (C=O) groups excluding carboxylic acids is 2. The number of halogens is 2. The number of nitrogens with one attached hydrogen (secondary N) is 1. The minimum absolute atomic E-state index is 0.0826. The molecule has 0 radical (unpaired) electrons. The largest absolute Gasteiger partial charge is 0.493 e. The van der Waals surface area contributed by atoms with Crippen molar-refractivity contribution in [2.75, 3.05) is 19.0 Å². The number of benzene rings is 3. The second-order valence-corrected chi connectivity index (χ2v) is 6.42. The van der Waals surface area contributed by atoms with Gasteiger partial charge in [-0.15, -0.1) is 0 Å². The number of amides is 1. The van der Waals surface area contributed by atoms with Crippen molar-refractivity contribution in [1.82, 2.24) is 0 Å². The number of rotatable bonds is 8. The summed E-state index contributed by atoms with van der Waals surface area (Å²) in [6.07, 6.45) is 0. The summed E-state index contributed by atoms with van der Waals surface area (Å²) < 4.78 is 42.0. The van der Waals surface area contributed by atoms with Crippen LogP contribution in [-0.4, -0.2) is 25.6 Å². The van der Waals surface area contributed by atoms with Gasteiger partial charge in [-0.05, 0) is 60.2 Å². The average Bonchev–Trinajstić information content (AvgIpc) is 2.77. The molecule has 3 aromatic carbocycles. The molecule has 0 aliphatic rings. The average molecular weight is 427 g/mol. The molecule has 1 amide bonds. The van der Waals surface area contributed by atoms with Crippen LogP contribution in [0, 0.1) is 11.6 Å². The van der Waals surface area contributed by atoms with Gasteiger partial charge in [-0.1, -0.05) is 12.1 Å². The van der Waals surface area contributed by atoms with Gasteiger partial charge in [0, 0.05) is 5.69 Å². The standard InChI is InChI=1S/C23H19F2NO5/c1-29-21-12-16(23(28)31-13-15-3-2-4-18(25)11-15)5-10-20(21)30-14-22(27)26-19-8-6-17(24)7-9-19/h2-12H,13-14H2,1H3,(H,26,27). The lowest BCUT2D eigenvalue weighted by Gasteiger charge is -2.12. The topological polar surface area (TPSA) is 73.9 Å². The molecule has 6 nitrogen and oxygen atoms in total. The Hall–Kier alpha value is -3.94. The van der Waals surface area contributed by atoms with Crippen molar-refractivity contribution in [3.8, 4) is 11.5 Å². The summed E-state index contributed by atoms with van der Waals surface area (Å²) in [5.41, 5.74) is 1.15. The lowest BCUT2D eigenvalue weighted by Crippen LogP contribution is -2.20. The third-order valence-electron chi connectivity index (χ3n) is 4.15. The monoisotopic (exact) mass is 427 g/mol. The van der Waals surface area contributed by atoms with Crippen molar-refractivity contribution in [2.45, 2.75) is 6.61 Å². The number of hydrogen-bond donors (Lipinski definition) is 1. The van der Waals surface area contributed by atoms with Crippen LogP contribution in [0.1, 0.15) is 15.9 Å². The van der Waals surface area contributed by atoms with Crippen molar-refractivity contribution < 1.29 is 32.6 Å². The zero-order valence-corrected chi connectivity index (χ0v) is 16.6. The second-order valence-electron chi connectivity index (χ2n) is 6.42. The van der Waals surface area contributed by atoms with E-state index in [2.05, 4.69) is 5.32 Å². The Bertz CT molecular complexity index is 1070. The van der Waals surface area contributed by atoms with Gasteiger partial charge in [-0.2, -0.15) is 0 Å². The molecule has 31 heavy (non-hydrogen) atoms. The van der Waals surface area contributed by atoms with Crippen molar-refractivity contribution in [2.24, 2.45) is 0 Å². The van der Waals surface area contributed by atoms with Crippen LogP contribution in [0.2, 0.25) is 0 Å². The summed E-state index contributed by atoms with van der Waals surface area (Å²) in [4.78, 5) is 24.3. The van der Waals surface area contributed by atoms with Crippen LogP contribution >= 0.6 is 0 Å². The molecule has 0 unspecified atom stereocenters. The second kappa shape index (κ2) is 10.2.